The molecule has 4 aromatic rings. The summed E-state index contributed by atoms with van der Waals surface area (Å²) in [5, 5.41) is 2.04. The fourth-order valence-electron chi connectivity index (χ4n) is 3.95. The van der Waals surface area contributed by atoms with Gasteiger partial charge in [-0.25, -0.2) is 0 Å². The molecular weight excluding hydrogens is 346 g/mol. The van der Waals surface area contributed by atoms with Crippen LogP contribution in [0.4, 0.5) is 0 Å². The third kappa shape index (κ3) is 2.84. The van der Waals surface area contributed by atoms with Gasteiger partial charge in [-0.1, -0.05) is 31.2 Å². The Kier molecular flexibility index (Phi) is 4.60. The van der Waals surface area contributed by atoms with Crippen molar-refractivity contribution in [1.29, 1.82) is 0 Å². The van der Waals surface area contributed by atoms with E-state index >= 15 is 0 Å². The molecule has 0 saturated carbocycles. The van der Waals surface area contributed by atoms with Gasteiger partial charge in [-0.05, 0) is 55.8 Å². The molecule has 3 aromatic carbocycles. The molecule has 140 valence electrons. The van der Waals surface area contributed by atoms with Crippen molar-refractivity contribution in [2.45, 2.75) is 33.7 Å². The second-order valence-corrected chi connectivity index (χ2v) is 7.13. The monoisotopic (exact) mass is 369 g/mol. The molecule has 0 bridgehead atoms. The maximum atomic E-state index is 13.1. The summed E-state index contributed by atoms with van der Waals surface area (Å²) in [5.41, 5.74) is 5.26. The Balaban J connectivity index is 1.95. The molecule has 3 nitrogen and oxygen atoms in total. The number of Topliss-reactive ketones (excluding diaryl/α,β-unsaturated/α-hetero) is 1. The summed E-state index contributed by atoms with van der Waals surface area (Å²) in [4.78, 5) is 25.3. The van der Waals surface area contributed by atoms with E-state index in [-0.39, 0.29) is 11.6 Å². The van der Waals surface area contributed by atoms with Crippen molar-refractivity contribution in [3.63, 3.8) is 0 Å². The Morgan fingerprint density at radius 3 is 2.04 bits per heavy atom. The summed E-state index contributed by atoms with van der Waals surface area (Å²) >= 11 is 0. The molecule has 0 amide bonds. The van der Waals surface area contributed by atoms with E-state index in [1.54, 1.807) is 0 Å². The lowest BCUT2D eigenvalue weighted by Crippen LogP contribution is -2.03. The van der Waals surface area contributed by atoms with E-state index in [4.69, 9.17) is 0 Å². The summed E-state index contributed by atoms with van der Waals surface area (Å²) < 4.78 is 2.23. The van der Waals surface area contributed by atoms with Crippen LogP contribution in [0.25, 0.3) is 21.8 Å². The lowest BCUT2D eigenvalue weighted by atomic mass is 9.97. The SMILES string of the molecule is CCC(=O)c1ccc2c(c1)c1cc(C(=O)c3ccccc3C)ccc1n2CC. The number of rotatable bonds is 5. The maximum Gasteiger partial charge on any atom is 0.193 e. The van der Waals surface area contributed by atoms with Crippen molar-refractivity contribution in [1.82, 2.24) is 4.57 Å². The summed E-state index contributed by atoms with van der Waals surface area (Å²) in [6.45, 7) is 6.76. The minimum Gasteiger partial charge on any atom is -0.341 e. The molecule has 0 unspecified atom stereocenters. The summed E-state index contributed by atoms with van der Waals surface area (Å²) in [7, 11) is 0. The normalized spacial score (nSPS) is 11.2. The molecule has 0 aliphatic heterocycles. The van der Waals surface area contributed by atoms with Crippen molar-refractivity contribution >= 4 is 33.4 Å². The van der Waals surface area contributed by atoms with Crippen molar-refractivity contribution in [2.75, 3.05) is 0 Å². The first-order valence-corrected chi connectivity index (χ1v) is 9.74. The van der Waals surface area contributed by atoms with Crippen LogP contribution >= 0.6 is 0 Å². The largest absolute Gasteiger partial charge is 0.341 e. The quantitative estimate of drug-likeness (QED) is 0.408. The predicted octanol–water partition coefficient (Wildman–Crippen LogP) is 5.95. The van der Waals surface area contributed by atoms with Gasteiger partial charge in [-0.2, -0.15) is 0 Å². The lowest BCUT2D eigenvalue weighted by molar-refractivity contribution is 0.0987. The molecule has 0 radical (unpaired) electrons. The maximum absolute atomic E-state index is 13.1. The van der Waals surface area contributed by atoms with E-state index in [1.807, 2.05) is 74.5 Å². The van der Waals surface area contributed by atoms with Crippen molar-refractivity contribution in [3.05, 3.63) is 82.9 Å². The Hall–Kier alpha value is -3.20. The zero-order chi connectivity index (χ0) is 19.8. The third-order valence-electron chi connectivity index (χ3n) is 5.48. The molecule has 0 atom stereocenters. The fourth-order valence-corrected chi connectivity index (χ4v) is 3.95. The second-order valence-electron chi connectivity index (χ2n) is 7.13. The van der Waals surface area contributed by atoms with Gasteiger partial charge in [0.25, 0.3) is 0 Å². The van der Waals surface area contributed by atoms with Gasteiger partial charge in [0.15, 0.2) is 11.6 Å². The molecular formula is C25H23NO2. The van der Waals surface area contributed by atoms with Crippen LogP contribution in [0.3, 0.4) is 0 Å². The summed E-state index contributed by atoms with van der Waals surface area (Å²) in [6.07, 6.45) is 0.481. The van der Waals surface area contributed by atoms with Gasteiger partial charge in [0, 0.05) is 51.5 Å². The lowest BCUT2D eigenvalue weighted by Gasteiger charge is -2.06. The molecule has 1 heterocycles. The first-order chi connectivity index (χ1) is 13.5. The fraction of sp³-hybridized carbons (Fsp3) is 0.200. The molecule has 1 aromatic heterocycles. The molecule has 0 aliphatic rings. The minimum absolute atomic E-state index is 0.0261. The molecule has 0 N–H and O–H groups in total. The summed E-state index contributed by atoms with van der Waals surface area (Å²) in [5.74, 6) is 0.157. The van der Waals surface area contributed by atoms with Gasteiger partial charge >= 0.3 is 0 Å². The van der Waals surface area contributed by atoms with E-state index in [2.05, 4.69) is 11.5 Å². The van der Waals surface area contributed by atoms with E-state index in [1.165, 1.54) is 0 Å². The van der Waals surface area contributed by atoms with Gasteiger partial charge in [-0.15, -0.1) is 0 Å². The summed E-state index contributed by atoms with van der Waals surface area (Å²) in [6, 6.07) is 19.4. The first kappa shape index (κ1) is 18.2. The van der Waals surface area contributed by atoms with Crippen LogP contribution < -0.4 is 0 Å². The van der Waals surface area contributed by atoms with Crippen LogP contribution in [0.15, 0.2) is 60.7 Å². The molecule has 0 spiro atoms. The number of hydrogen-bond acceptors (Lipinski definition) is 2. The van der Waals surface area contributed by atoms with Crippen LogP contribution in [0.5, 0.6) is 0 Å². The van der Waals surface area contributed by atoms with Crippen LogP contribution in [0.2, 0.25) is 0 Å². The van der Waals surface area contributed by atoms with Crippen LogP contribution in [-0.2, 0) is 6.54 Å². The van der Waals surface area contributed by atoms with E-state index in [0.717, 1.165) is 45.0 Å². The van der Waals surface area contributed by atoms with Gasteiger partial charge in [0.1, 0.15) is 0 Å². The van der Waals surface area contributed by atoms with Gasteiger partial charge in [-0.3, -0.25) is 9.59 Å². The number of carbonyl (C=O) groups excluding carboxylic acids is 2. The molecule has 28 heavy (non-hydrogen) atoms. The highest BCUT2D eigenvalue weighted by atomic mass is 16.1. The van der Waals surface area contributed by atoms with Crippen molar-refractivity contribution in [2.24, 2.45) is 0 Å². The second kappa shape index (κ2) is 7.08. The Morgan fingerprint density at radius 2 is 1.43 bits per heavy atom. The smallest absolute Gasteiger partial charge is 0.193 e. The Labute approximate surface area is 164 Å². The molecule has 0 saturated heterocycles. The number of aryl methyl sites for hydroxylation is 2. The highest BCUT2D eigenvalue weighted by Gasteiger charge is 2.16. The first-order valence-electron chi connectivity index (χ1n) is 9.74. The van der Waals surface area contributed by atoms with Gasteiger partial charge < -0.3 is 4.57 Å². The standard InChI is InChI=1S/C25H23NO2/c1-4-24(27)17-10-12-22-20(14-17)21-15-18(11-13-23(21)26(22)5-2)25(28)19-9-7-6-8-16(19)3/h6-15H,4-5H2,1-3H3. The van der Waals surface area contributed by atoms with Crippen molar-refractivity contribution < 1.29 is 9.59 Å². The minimum atomic E-state index is 0.0261. The zero-order valence-corrected chi connectivity index (χ0v) is 16.5. The highest BCUT2D eigenvalue weighted by molar-refractivity contribution is 6.16. The van der Waals surface area contributed by atoms with Crippen LogP contribution in [-0.4, -0.2) is 16.1 Å². The highest BCUT2D eigenvalue weighted by Crippen LogP contribution is 2.31. The average Bonchev–Trinajstić information content (AvgIpc) is 3.05. The number of carbonyl (C=O) groups is 2. The van der Waals surface area contributed by atoms with Gasteiger partial charge in [0.2, 0.25) is 0 Å². The number of fused-ring (bicyclic) bond motifs is 3. The van der Waals surface area contributed by atoms with E-state index in [9.17, 15) is 9.59 Å². The van der Waals surface area contributed by atoms with Crippen LogP contribution in [0, 0.1) is 6.92 Å². The van der Waals surface area contributed by atoms with Gasteiger partial charge in [0.05, 0.1) is 0 Å². The Bertz CT molecular complexity index is 1230. The zero-order valence-electron chi connectivity index (χ0n) is 16.5. The molecule has 4 rings (SSSR count). The topological polar surface area (TPSA) is 39.1 Å². The van der Waals surface area contributed by atoms with E-state index in [0.29, 0.717) is 12.0 Å². The Morgan fingerprint density at radius 1 is 0.821 bits per heavy atom. The number of benzene rings is 3. The molecule has 0 aliphatic carbocycles. The van der Waals surface area contributed by atoms with Crippen LogP contribution in [0.1, 0.15) is 52.1 Å². The number of ketones is 2. The van der Waals surface area contributed by atoms with E-state index < -0.39 is 0 Å². The predicted molar refractivity (Wildman–Crippen MR) is 114 cm³/mol. The molecule has 0 fully saturated rings. The average molecular weight is 369 g/mol. The third-order valence-corrected chi connectivity index (χ3v) is 5.48. The number of nitrogens with zero attached hydrogens (tertiary/aromatic N) is 1. The molecule has 3 heteroatoms. The van der Waals surface area contributed by atoms with Crippen molar-refractivity contribution in [3.8, 4) is 0 Å². The number of hydrogen-bond donors (Lipinski definition) is 0. The number of aromatic nitrogens is 1.